The first-order valence-corrected chi connectivity index (χ1v) is 11.9. The summed E-state index contributed by atoms with van der Waals surface area (Å²) in [6.45, 7) is 1.85. The second kappa shape index (κ2) is 7.83. The van der Waals surface area contributed by atoms with Crippen molar-refractivity contribution in [3.63, 3.8) is 0 Å². The first kappa shape index (κ1) is 19.8. The summed E-state index contributed by atoms with van der Waals surface area (Å²) in [6, 6.07) is 0.325. The summed E-state index contributed by atoms with van der Waals surface area (Å²) in [5.74, 6) is 0.935. The van der Waals surface area contributed by atoms with Crippen molar-refractivity contribution in [3.05, 3.63) is 26.7 Å². The molecule has 1 amide bonds. The van der Waals surface area contributed by atoms with Crippen LogP contribution in [0.15, 0.2) is 14.6 Å². The first-order valence-electron chi connectivity index (χ1n) is 11.0. The number of carbonyl (C=O) groups is 1. The molecule has 3 aliphatic rings. The number of carbonyl (C=O) groups excluding carboxylic acids is 1. The van der Waals surface area contributed by atoms with E-state index >= 15 is 0 Å². The van der Waals surface area contributed by atoms with Crippen LogP contribution in [-0.4, -0.2) is 36.7 Å². The Morgan fingerprint density at radius 2 is 1.83 bits per heavy atom. The minimum Gasteiger partial charge on any atom is -0.352 e. The van der Waals surface area contributed by atoms with Crippen LogP contribution in [0.25, 0.3) is 11.0 Å². The van der Waals surface area contributed by atoms with Crippen molar-refractivity contribution in [1.82, 2.24) is 24.8 Å². The number of H-pyrrole nitrogens is 1. The monoisotopic (exact) mass is 429 g/mol. The number of aromatic amines is 1. The maximum atomic E-state index is 12.8. The lowest BCUT2D eigenvalue weighted by Gasteiger charge is -2.24. The lowest BCUT2D eigenvalue weighted by Crippen LogP contribution is -2.40. The zero-order chi connectivity index (χ0) is 20.8. The van der Waals surface area contributed by atoms with Gasteiger partial charge in [-0.3, -0.25) is 19.1 Å². The van der Waals surface area contributed by atoms with Gasteiger partial charge in [0.2, 0.25) is 5.91 Å². The fourth-order valence-corrected chi connectivity index (χ4v) is 5.16. The highest BCUT2D eigenvalue weighted by Gasteiger charge is 2.33. The molecular weight excluding hydrogens is 402 g/mol. The van der Waals surface area contributed by atoms with E-state index in [1.54, 1.807) is 4.57 Å². The highest BCUT2D eigenvalue weighted by molar-refractivity contribution is 8.00. The predicted molar refractivity (Wildman–Crippen MR) is 115 cm³/mol. The van der Waals surface area contributed by atoms with Gasteiger partial charge >= 0.3 is 5.69 Å². The third-order valence-electron chi connectivity index (χ3n) is 6.23. The van der Waals surface area contributed by atoms with Gasteiger partial charge in [-0.05, 0) is 45.4 Å². The molecule has 0 aliphatic heterocycles. The van der Waals surface area contributed by atoms with Crippen LogP contribution in [0.2, 0.25) is 0 Å². The molecule has 8 nitrogen and oxygen atoms in total. The van der Waals surface area contributed by atoms with Crippen molar-refractivity contribution < 1.29 is 4.79 Å². The number of aromatic nitrogens is 4. The maximum absolute atomic E-state index is 12.8. The average molecular weight is 430 g/mol. The van der Waals surface area contributed by atoms with E-state index in [2.05, 4.69) is 20.3 Å². The summed E-state index contributed by atoms with van der Waals surface area (Å²) in [7, 11) is 0. The second-order valence-corrected chi connectivity index (χ2v) is 10.2. The molecule has 0 radical (unpaired) electrons. The van der Waals surface area contributed by atoms with Crippen LogP contribution in [0, 0.1) is 0 Å². The number of fused-ring (bicyclic) bond motifs is 1. The number of thioether (sulfide) groups is 1. The van der Waals surface area contributed by atoms with Crippen LogP contribution < -0.4 is 16.6 Å². The zero-order valence-electron chi connectivity index (χ0n) is 17.1. The van der Waals surface area contributed by atoms with Crippen LogP contribution in [0.5, 0.6) is 0 Å². The lowest BCUT2D eigenvalue weighted by molar-refractivity contribution is -0.121. The van der Waals surface area contributed by atoms with E-state index in [1.165, 1.54) is 18.2 Å². The Morgan fingerprint density at radius 1 is 1.10 bits per heavy atom. The molecule has 3 saturated carbocycles. The molecule has 9 heteroatoms. The number of hydrogen-bond donors (Lipinski definition) is 2. The van der Waals surface area contributed by atoms with Crippen molar-refractivity contribution in [1.29, 1.82) is 0 Å². The van der Waals surface area contributed by atoms with Crippen molar-refractivity contribution in [3.8, 4) is 0 Å². The van der Waals surface area contributed by atoms with E-state index in [-0.39, 0.29) is 23.9 Å². The molecule has 2 N–H and O–H groups in total. The van der Waals surface area contributed by atoms with E-state index in [9.17, 15) is 14.4 Å². The molecule has 160 valence electrons. The van der Waals surface area contributed by atoms with Crippen LogP contribution in [-0.2, 0) is 4.79 Å². The van der Waals surface area contributed by atoms with Crippen LogP contribution in [0.3, 0.4) is 0 Å². The topological polar surface area (TPSA) is 110 Å². The SMILES string of the molecule is CC(Sc1nc(C2CC2)nc2c1c(=O)[nH]c(=O)n2C1CC1)C(=O)NC1CCCCC1. The van der Waals surface area contributed by atoms with Gasteiger partial charge in [0, 0.05) is 18.0 Å². The van der Waals surface area contributed by atoms with Gasteiger partial charge in [-0.1, -0.05) is 31.0 Å². The van der Waals surface area contributed by atoms with E-state index < -0.39 is 16.5 Å². The van der Waals surface area contributed by atoms with Gasteiger partial charge in [-0.15, -0.1) is 0 Å². The third-order valence-corrected chi connectivity index (χ3v) is 7.32. The first-order chi connectivity index (χ1) is 14.5. The van der Waals surface area contributed by atoms with Crippen LogP contribution in [0.1, 0.15) is 82.5 Å². The molecule has 1 unspecified atom stereocenters. The molecule has 5 rings (SSSR count). The van der Waals surface area contributed by atoms with Gasteiger partial charge in [-0.25, -0.2) is 14.8 Å². The Hall–Kier alpha value is -2.16. The molecule has 2 heterocycles. The number of amides is 1. The smallest absolute Gasteiger partial charge is 0.330 e. The predicted octanol–water partition coefficient (Wildman–Crippen LogP) is 2.62. The van der Waals surface area contributed by atoms with Crippen molar-refractivity contribution >= 4 is 28.7 Å². The minimum atomic E-state index is -0.475. The Bertz CT molecular complexity index is 1100. The highest BCUT2D eigenvalue weighted by atomic mass is 32.2. The third kappa shape index (κ3) is 3.91. The van der Waals surface area contributed by atoms with Gasteiger partial charge in [0.15, 0.2) is 5.65 Å². The fourth-order valence-electron chi connectivity index (χ4n) is 4.20. The normalized spacial score (nSPS) is 21.0. The van der Waals surface area contributed by atoms with E-state index in [0.29, 0.717) is 21.9 Å². The summed E-state index contributed by atoms with van der Waals surface area (Å²) < 4.78 is 1.61. The molecule has 0 spiro atoms. The number of nitrogens with zero attached hydrogens (tertiary/aromatic N) is 3. The van der Waals surface area contributed by atoms with Crippen molar-refractivity contribution in [2.75, 3.05) is 0 Å². The Balaban J connectivity index is 1.50. The summed E-state index contributed by atoms with van der Waals surface area (Å²) in [5.41, 5.74) is -0.461. The summed E-state index contributed by atoms with van der Waals surface area (Å²) in [5, 5.41) is 3.60. The quantitative estimate of drug-likeness (QED) is 0.540. The van der Waals surface area contributed by atoms with Gasteiger partial charge < -0.3 is 5.32 Å². The van der Waals surface area contributed by atoms with E-state index in [1.807, 2.05) is 6.92 Å². The summed E-state index contributed by atoms with van der Waals surface area (Å²) in [4.78, 5) is 49.7. The van der Waals surface area contributed by atoms with E-state index in [4.69, 9.17) is 0 Å². The molecule has 30 heavy (non-hydrogen) atoms. The average Bonchev–Trinajstić information content (AvgIpc) is 3.61. The van der Waals surface area contributed by atoms with Gasteiger partial charge in [0.1, 0.15) is 16.2 Å². The Kier molecular flexibility index (Phi) is 5.16. The summed E-state index contributed by atoms with van der Waals surface area (Å²) >= 11 is 1.29. The van der Waals surface area contributed by atoms with Gasteiger partial charge in [0.05, 0.1) is 5.25 Å². The molecule has 0 aromatic carbocycles. The molecule has 1 atom stereocenters. The standard InChI is InChI=1S/C21H27N5O3S/c1-11(18(27)22-13-5-3-2-4-6-13)30-20-15-17(23-16(24-20)12-7-8-12)26(14-9-10-14)21(29)25-19(15)28/h11-14H,2-10H2,1H3,(H,22,27)(H,25,28,29). The van der Waals surface area contributed by atoms with E-state index in [0.717, 1.165) is 51.4 Å². The van der Waals surface area contributed by atoms with Crippen molar-refractivity contribution in [2.45, 2.75) is 93.0 Å². The molecule has 3 aliphatic carbocycles. The minimum absolute atomic E-state index is 0.0291. The maximum Gasteiger partial charge on any atom is 0.330 e. The Morgan fingerprint density at radius 3 is 2.50 bits per heavy atom. The molecule has 2 aromatic rings. The van der Waals surface area contributed by atoms with Gasteiger partial charge in [0.25, 0.3) is 5.56 Å². The molecule has 3 fully saturated rings. The highest BCUT2D eigenvalue weighted by Crippen LogP contribution is 2.41. The fraction of sp³-hybridized carbons (Fsp3) is 0.667. The van der Waals surface area contributed by atoms with Crippen LogP contribution >= 0.6 is 11.8 Å². The largest absolute Gasteiger partial charge is 0.352 e. The Labute approximate surface area is 178 Å². The number of hydrogen-bond acceptors (Lipinski definition) is 6. The molecule has 2 aromatic heterocycles. The van der Waals surface area contributed by atoms with Gasteiger partial charge in [-0.2, -0.15) is 0 Å². The number of rotatable bonds is 6. The van der Waals surface area contributed by atoms with Crippen molar-refractivity contribution in [2.24, 2.45) is 0 Å². The lowest BCUT2D eigenvalue weighted by atomic mass is 9.95. The second-order valence-electron chi connectivity index (χ2n) is 8.82. The molecule has 0 bridgehead atoms. The number of nitrogens with one attached hydrogen (secondary N) is 2. The molecular formula is C21H27N5O3S. The summed E-state index contributed by atoms with van der Waals surface area (Å²) in [6.07, 6.45) is 9.45. The zero-order valence-corrected chi connectivity index (χ0v) is 18.0. The molecule has 0 saturated heterocycles. The van der Waals surface area contributed by atoms with Crippen LogP contribution in [0.4, 0.5) is 0 Å².